The Bertz CT molecular complexity index is 774. The molecule has 1 aliphatic rings. The van der Waals surface area contributed by atoms with Crippen LogP contribution in [-0.2, 0) is 14.4 Å². The Balaban J connectivity index is 2.09. The Morgan fingerprint density at radius 3 is 2.60 bits per heavy atom. The number of aliphatic carboxylic acids is 1. The van der Waals surface area contributed by atoms with Gasteiger partial charge >= 0.3 is 11.9 Å². The van der Waals surface area contributed by atoms with Crippen LogP contribution in [0.3, 0.4) is 0 Å². The van der Waals surface area contributed by atoms with Gasteiger partial charge in [0.05, 0.1) is 21.6 Å². The van der Waals surface area contributed by atoms with Gasteiger partial charge in [-0.2, -0.15) is 5.10 Å². The third-order valence-corrected chi connectivity index (χ3v) is 5.01. The van der Waals surface area contributed by atoms with Crippen molar-refractivity contribution in [1.29, 1.82) is 0 Å². The Kier molecular flexibility index (Phi) is 6.73. The largest absolute Gasteiger partial charge is 0.481 e. The highest BCUT2D eigenvalue weighted by Crippen LogP contribution is 2.34. The van der Waals surface area contributed by atoms with E-state index in [1.54, 1.807) is 12.1 Å². The van der Waals surface area contributed by atoms with Gasteiger partial charge in [-0.1, -0.05) is 11.8 Å². The first-order chi connectivity index (χ1) is 11.8. The average Bonchev–Trinajstić information content (AvgIpc) is 2.82. The van der Waals surface area contributed by atoms with E-state index in [0.29, 0.717) is 20.3 Å². The number of esters is 1. The SMILES string of the molecule is CC(=O)Oc1c(Br)cc(C=NN=C2NC(=O)C(CC(=O)O)S2)cc1Br. The van der Waals surface area contributed by atoms with E-state index in [1.165, 1.54) is 13.1 Å². The van der Waals surface area contributed by atoms with Crippen LogP contribution in [0, 0.1) is 0 Å². The lowest BCUT2D eigenvalue weighted by molar-refractivity contribution is -0.138. The molecule has 0 saturated carbocycles. The molecule has 1 heterocycles. The van der Waals surface area contributed by atoms with Crippen LogP contribution in [-0.4, -0.2) is 39.6 Å². The quantitative estimate of drug-likeness (QED) is 0.282. The fourth-order valence-corrected chi connectivity index (χ4v) is 4.09. The van der Waals surface area contributed by atoms with Gasteiger partial charge in [-0.3, -0.25) is 14.4 Å². The minimum absolute atomic E-state index is 0.238. The molecule has 1 aromatic carbocycles. The first-order valence-electron chi connectivity index (χ1n) is 6.74. The van der Waals surface area contributed by atoms with Crippen molar-refractivity contribution >= 4 is 72.8 Å². The number of thioether (sulfide) groups is 1. The molecule has 1 amide bonds. The molecule has 0 radical (unpaired) electrons. The number of carboxylic acid groups (broad SMARTS) is 1. The second-order valence-electron chi connectivity index (χ2n) is 4.75. The summed E-state index contributed by atoms with van der Waals surface area (Å²) < 4.78 is 6.17. The summed E-state index contributed by atoms with van der Waals surface area (Å²) in [6.45, 7) is 1.30. The lowest BCUT2D eigenvalue weighted by Crippen LogP contribution is -2.26. The molecular formula is C14H11Br2N3O5S. The highest BCUT2D eigenvalue weighted by Gasteiger charge is 2.32. The van der Waals surface area contributed by atoms with E-state index in [2.05, 4.69) is 47.4 Å². The molecule has 0 aromatic heterocycles. The van der Waals surface area contributed by atoms with Gasteiger partial charge < -0.3 is 15.2 Å². The van der Waals surface area contributed by atoms with Gasteiger partial charge in [0.1, 0.15) is 5.25 Å². The molecule has 1 saturated heterocycles. The van der Waals surface area contributed by atoms with Crippen molar-refractivity contribution in [2.24, 2.45) is 10.2 Å². The Morgan fingerprint density at radius 1 is 1.40 bits per heavy atom. The molecular weight excluding hydrogens is 482 g/mol. The zero-order valence-corrected chi connectivity index (χ0v) is 16.6. The van der Waals surface area contributed by atoms with Gasteiger partial charge in [-0.25, -0.2) is 0 Å². The van der Waals surface area contributed by atoms with Crippen molar-refractivity contribution in [3.8, 4) is 5.75 Å². The number of hydrogen-bond donors (Lipinski definition) is 2. The van der Waals surface area contributed by atoms with E-state index in [4.69, 9.17) is 9.84 Å². The van der Waals surface area contributed by atoms with E-state index >= 15 is 0 Å². The number of amidine groups is 1. The minimum Gasteiger partial charge on any atom is -0.481 e. The number of hydrogen-bond acceptors (Lipinski definition) is 7. The summed E-state index contributed by atoms with van der Waals surface area (Å²) in [7, 11) is 0. The van der Waals surface area contributed by atoms with Gasteiger partial charge in [0.25, 0.3) is 0 Å². The van der Waals surface area contributed by atoms with Crippen molar-refractivity contribution in [3.05, 3.63) is 26.6 Å². The predicted molar refractivity (Wildman–Crippen MR) is 100.0 cm³/mol. The number of benzene rings is 1. The third-order valence-electron chi connectivity index (χ3n) is 2.76. The summed E-state index contributed by atoms with van der Waals surface area (Å²) in [4.78, 5) is 33.3. The number of rotatable bonds is 5. The molecule has 1 aromatic rings. The fraction of sp³-hybridized carbons (Fsp3) is 0.214. The van der Waals surface area contributed by atoms with Crippen molar-refractivity contribution in [2.75, 3.05) is 0 Å². The first-order valence-corrected chi connectivity index (χ1v) is 9.20. The summed E-state index contributed by atoms with van der Waals surface area (Å²) in [5, 5.41) is 18.5. The van der Waals surface area contributed by atoms with Gasteiger partial charge in [0.15, 0.2) is 10.9 Å². The molecule has 2 rings (SSSR count). The number of nitrogens with zero attached hydrogens (tertiary/aromatic N) is 2. The van der Waals surface area contributed by atoms with Crippen molar-refractivity contribution in [3.63, 3.8) is 0 Å². The maximum atomic E-state index is 11.6. The molecule has 2 N–H and O–H groups in total. The van der Waals surface area contributed by atoms with Crippen LogP contribution < -0.4 is 10.1 Å². The number of nitrogens with one attached hydrogen (secondary N) is 1. The third kappa shape index (κ3) is 5.65. The molecule has 0 spiro atoms. The Labute approximate surface area is 163 Å². The van der Waals surface area contributed by atoms with Gasteiger partial charge in [-0.05, 0) is 49.6 Å². The second kappa shape index (κ2) is 8.59. The van der Waals surface area contributed by atoms with Crippen molar-refractivity contribution in [2.45, 2.75) is 18.6 Å². The highest BCUT2D eigenvalue weighted by atomic mass is 79.9. The second-order valence-corrected chi connectivity index (χ2v) is 7.65. The van der Waals surface area contributed by atoms with Crippen molar-refractivity contribution in [1.82, 2.24) is 5.32 Å². The molecule has 1 atom stereocenters. The number of carbonyl (C=O) groups excluding carboxylic acids is 2. The standard InChI is InChI=1S/C14H11Br2N3O5S/c1-6(20)24-12-8(15)2-7(3-9(12)16)5-17-19-14-18-13(23)10(25-14)4-11(21)22/h2-3,5,10H,4H2,1H3,(H,21,22)(H,18,19,23). The van der Waals surface area contributed by atoms with Crippen LogP contribution in [0.25, 0.3) is 0 Å². The average molecular weight is 493 g/mol. The molecule has 8 nitrogen and oxygen atoms in total. The van der Waals surface area contributed by atoms with E-state index in [-0.39, 0.29) is 11.6 Å². The van der Waals surface area contributed by atoms with Crippen LogP contribution in [0.5, 0.6) is 5.75 Å². The molecule has 25 heavy (non-hydrogen) atoms. The molecule has 1 unspecified atom stereocenters. The molecule has 132 valence electrons. The minimum atomic E-state index is -1.06. The summed E-state index contributed by atoms with van der Waals surface area (Å²) in [6.07, 6.45) is 1.16. The van der Waals surface area contributed by atoms with Crippen LogP contribution >= 0.6 is 43.6 Å². The monoisotopic (exact) mass is 491 g/mol. The number of halogens is 2. The van der Waals surface area contributed by atoms with Gasteiger partial charge in [0.2, 0.25) is 5.91 Å². The normalized spacial score (nSPS) is 18.6. The van der Waals surface area contributed by atoms with E-state index in [1.807, 2.05) is 0 Å². The van der Waals surface area contributed by atoms with Crippen LogP contribution in [0.1, 0.15) is 18.9 Å². The molecule has 11 heteroatoms. The summed E-state index contributed by atoms with van der Waals surface area (Å²) in [6, 6.07) is 3.36. The molecule has 0 bridgehead atoms. The summed E-state index contributed by atoms with van der Waals surface area (Å²) >= 11 is 7.62. The summed E-state index contributed by atoms with van der Waals surface area (Å²) in [5.74, 6) is -1.55. The van der Waals surface area contributed by atoms with Crippen LogP contribution in [0.4, 0.5) is 0 Å². The Hall–Kier alpha value is -1.72. The number of carboxylic acids is 1. The van der Waals surface area contributed by atoms with Crippen LogP contribution in [0.15, 0.2) is 31.3 Å². The smallest absolute Gasteiger partial charge is 0.308 e. The zero-order chi connectivity index (χ0) is 18.6. The maximum absolute atomic E-state index is 11.6. The number of carbonyl (C=O) groups is 3. The topological polar surface area (TPSA) is 117 Å². The van der Waals surface area contributed by atoms with Gasteiger partial charge in [-0.15, -0.1) is 5.10 Å². The van der Waals surface area contributed by atoms with E-state index in [9.17, 15) is 14.4 Å². The maximum Gasteiger partial charge on any atom is 0.308 e. The zero-order valence-electron chi connectivity index (χ0n) is 12.7. The van der Waals surface area contributed by atoms with E-state index in [0.717, 1.165) is 11.8 Å². The number of amides is 1. The van der Waals surface area contributed by atoms with Gasteiger partial charge in [0, 0.05) is 6.92 Å². The summed E-state index contributed by atoms with van der Waals surface area (Å²) in [5.41, 5.74) is 0.662. The van der Waals surface area contributed by atoms with Crippen LogP contribution in [0.2, 0.25) is 0 Å². The molecule has 1 fully saturated rings. The molecule has 0 aliphatic carbocycles. The first kappa shape index (κ1) is 19.6. The fourth-order valence-electron chi connectivity index (χ4n) is 1.79. The highest BCUT2D eigenvalue weighted by molar-refractivity contribution is 9.11. The van der Waals surface area contributed by atoms with E-state index < -0.39 is 23.1 Å². The lowest BCUT2D eigenvalue weighted by atomic mass is 10.2. The predicted octanol–water partition coefficient (Wildman–Crippen LogP) is 2.53. The molecule has 1 aliphatic heterocycles. The Morgan fingerprint density at radius 2 is 2.04 bits per heavy atom. The van der Waals surface area contributed by atoms with Crippen molar-refractivity contribution < 1.29 is 24.2 Å². The lowest BCUT2D eigenvalue weighted by Gasteiger charge is -2.07. The number of ether oxygens (including phenoxy) is 1.